The van der Waals surface area contributed by atoms with E-state index in [0.29, 0.717) is 22.4 Å². The number of quaternary nitrogens is 1. The first kappa shape index (κ1) is 15.3. The summed E-state index contributed by atoms with van der Waals surface area (Å²) in [5.41, 5.74) is 3.23. The number of fused-ring (bicyclic) bond motifs is 2. The van der Waals surface area contributed by atoms with Gasteiger partial charge in [0, 0.05) is 17.2 Å². The lowest BCUT2D eigenvalue weighted by Crippen LogP contribution is -2.71. The van der Waals surface area contributed by atoms with E-state index < -0.39 is 0 Å². The van der Waals surface area contributed by atoms with Crippen LogP contribution < -0.4 is 5.32 Å². The van der Waals surface area contributed by atoms with E-state index in [1.807, 2.05) is 35.6 Å². The van der Waals surface area contributed by atoms with Crippen molar-refractivity contribution in [2.75, 3.05) is 0 Å². The highest BCUT2D eigenvalue weighted by molar-refractivity contribution is 6.30. The molecule has 1 aliphatic carbocycles. The van der Waals surface area contributed by atoms with Crippen LogP contribution in [0.4, 0.5) is 11.4 Å². The van der Waals surface area contributed by atoms with E-state index in [2.05, 4.69) is 0 Å². The third-order valence-electron chi connectivity index (χ3n) is 4.51. The Hall–Kier alpha value is -3.24. The van der Waals surface area contributed by atoms with Crippen LogP contribution >= 0.6 is 0 Å². The van der Waals surface area contributed by atoms with E-state index in [4.69, 9.17) is 0 Å². The summed E-state index contributed by atoms with van der Waals surface area (Å²) in [4.78, 5) is 25.9. The van der Waals surface area contributed by atoms with Gasteiger partial charge in [0.1, 0.15) is 17.1 Å². The van der Waals surface area contributed by atoms with Gasteiger partial charge in [-0.25, -0.2) is 0 Å². The summed E-state index contributed by atoms with van der Waals surface area (Å²) in [6.45, 7) is 1.73. The Kier molecular flexibility index (Phi) is 3.48. The summed E-state index contributed by atoms with van der Waals surface area (Å²) >= 11 is 0. The van der Waals surface area contributed by atoms with Crippen LogP contribution in [0.5, 0.6) is 5.75 Å². The number of rotatable bonds is 2. The predicted octanol–water partition coefficient (Wildman–Crippen LogP) is 3.00. The number of aromatic hydroxyl groups is 1. The molecular weight excluding hydrogens is 314 g/mol. The average Bonchev–Trinajstić information content (AvgIpc) is 2.63. The van der Waals surface area contributed by atoms with Crippen LogP contribution in [-0.4, -0.2) is 16.7 Å². The van der Waals surface area contributed by atoms with Crippen molar-refractivity contribution in [2.45, 2.75) is 6.92 Å². The molecule has 25 heavy (non-hydrogen) atoms. The van der Waals surface area contributed by atoms with Gasteiger partial charge in [0.05, 0.1) is 11.1 Å². The molecule has 0 saturated carbocycles. The van der Waals surface area contributed by atoms with Gasteiger partial charge in [-0.3, -0.25) is 14.9 Å². The molecule has 0 unspecified atom stereocenters. The van der Waals surface area contributed by atoms with Crippen LogP contribution in [0.2, 0.25) is 0 Å². The normalized spacial score (nSPS) is 12.7. The van der Waals surface area contributed by atoms with Crippen molar-refractivity contribution >= 4 is 22.9 Å². The lowest BCUT2D eigenvalue weighted by molar-refractivity contribution is -0.478. The molecule has 3 aromatic rings. The number of nitrogens with two attached hydrogens (primary N) is 1. The second-order valence-electron chi connectivity index (χ2n) is 6.14. The summed E-state index contributed by atoms with van der Waals surface area (Å²) in [5.74, 6) is -0.662. The maximum Gasteiger partial charge on any atom is 0.200 e. The predicted molar refractivity (Wildman–Crippen MR) is 93.8 cm³/mol. The van der Waals surface area contributed by atoms with Crippen LogP contribution in [0, 0.1) is 6.92 Å². The van der Waals surface area contributed by atoms with Gasteiger partial charge in [0.15, 0.2) is 5.78 Å². The molecule has 0 heterocycles. The second kappa shape index (κ2) is 5.69. The fraction of sp³-hybridized carbons (Fsp3) is 0.0476. The summed E-state index contributed by atoms with van der Waals surface area (Å²) in [5, 5.41) is 12.3. The molecule has 0 aliphatic heterocycles. The number of para-hydroxylation sites is 1. The minimum Gasteiger partial charge on any atom is -0.507 e. The molecule has 3 aromatic carbocycles. The third-order valence-corrected chi connectivity index (χ3v) is 4.51. The van der Waals surface area contributed by atoms with E-state index in [-0.39, 0.29) is 28.4 Å². The van der Waals surface area contributed by atoms with Crippen LogP contribution in [0.1, 0.15) is 37.4 Å². The quantitative estimate of drug-likeness (QED) is 0.438. The highest BCUT2D eigenvalue weighted by Gasteiger charge is 2.36. The number of aryl methyl sites for hydroxylation is 1. The minimum atomic E-state index is -0.311. The minimum absolute atomic E-state index is 0.103. The van der Waals surface area contributed by atoms with Crippen LogP contribution in [0.25, 0.3) is 0 Å². The number of phenols is 1. The molecule has 1 aliphatic rings. The number of carbonyl (C=O) groups excluding carboxylic acids is 2. The molecule has 0 amide bonds. The molecule has 0 aromatic heterocycles. The van der Waals surface area contributed by atoms with Gasteiger partial charge in [0.2, 0.25) is 5.78 Å². The van der Waals surface area contributed by atoms with Gasteiger partial charge < -0.3 is 5.11 Å². The first-order valence-corrected chi connectivity index (χ1v) is 8.02. The lowest BCUT2D eigenvalue weighted by Gasteiger charge is -2.20. The first-order chi connectivity index (χ1) is 12.1. The monoisotopic (exact) mass is 330 g/mol. The van der Waals surface area contributed by atoms with Crippen LogP contribution in [-0.2, 0) is 0 Å². The van der Waals surface area contributed by atoms with Gasteiger partial charge in [-0.05, 0) is 24.6 Å². The Bertz CT molecular complexity index is 1020. The average molecular weight is 330 g/mol. The highest BCUT2D eigenvalue weighted by Crippen LogP contribution is 2.37. The molecule has 0 bridgehead atoms. The van der Waals surface area contributed by atoms with Crippen molar-refractivity contribution in [3.05, 3.63) is 88.5 Å². The van der Waals surface area contributed by atoms with Crippen molar-refractivity contribution in [1.82, 2.24) is 0 Å². The maximum absolute atomic E-state index is 13.0. The third kappa shape index (κ3) is 2.35. The largest absolute Gasteiger partial charge is 0.507 e. The summed E-state index contributed by atoms with van der Waals surface area (Å²) < 4.78 is 0. The van der Waals surface area contributed by atoms with E-state index in [9.17, 15) is 14.7 Å². The van der Waals surface area contributed by atoms with Crippen LogP contribution in [0.3, 0.4) is 0 Å². The standard InChI is InChI=1S/C21H15NO3/c1-12-11-16(22-13-7-3-2-4-8-13)17-18(19(12)23)21(25)15-10-6-5-9-14(15)20(17)24/h2-11,22-23H,1H3/p+1. The van der Waals surface area contributed by atoms with E-state index in [0.717, 1.165) is 5.69 Å². The Morgan fingerprint density at radius 3 is 2.00 bits per heavy atom. The van der Waals surface area contributed by atoms with Gasteiger partial charge >= 0.3 is 0 Å². The Labute approximate surface area is 144 Å². The van der Waals surface area contributed by atoms with Crippen molar-refractivity contribution in [3.63, 3.8) is 0 Å². The zero-order valence-corrected chi connectivity index (χ0v) is 13.6. The Morgan fingerprint density at radius 1 is 0.800 bits per heavy atom. The topological polar surface area (TPSA) is 71.0 Å². The van der Waals surface area contributed by atoms with Gasteiger partial charge in [-0.1, -0.05) is 42.5 Å². The zero-order valence-electron chi connectivity index (χ0n) is 13.6. The molecular formula is C21H16NO3+. The maximum atomic E-state index is 13.0. The molecule has 4 rings (SSSR count). The molecule has 0 radical (unpaired) electrons. The molecule has 0 atom stereocenters. The van der Waals surface area contributed by atoms with Gasteiger partial charge in [0.25, 0.3) is 0 Å². The number of phenolic OH excluding ortho intramolecular Hbond substituents is 1. The first-order valence-electron chi connectivity index (χ1n) is 8.02. The molecule has 0 fully saturated rings. The Balaban J connectivity index is 1.96. The van der Waals surface area contributed by atoms with Crippen molar-refractivity contribution < 1.29 is 20.0 Å². The molecule has 4 heteroatoms. The molecule has 122 valence electrons. The van der Waals surface area contributed by atoms with Crippen molar-refractivity contribution in [3.8, 4) is 5.75 Å². The molecule has 0 spiro atoms. The van der Waals surface area contributed by atoms with Gasteiger partial charge in [-0.2, -0.15) is 0 Å². The Morgan fingerprint density at radius 2 is 1.36 bits per heavy atom. The fourth-order valence-electron chi connectivity index (χ4n) is 3.29. The summed E-state index contributed by atoms with van der Waals surface area (Å²) in [6, 6.07) is 18.1. The van der Waals surface area contributed by atoms with E-state index in [1.165, 1.54) is 0 Å². The fourth-order valence-corrected chi connectivity index (χ4v) is 3.29. The smallest absolute Gasteiger partial charge is 0.200 e. The van der Waals surface area contributed by atoms with Gasteiger partial charge in [-0.15, -0.1) is 0 Å². The van der Waals surface area contributed by atoms with Crippen LogP contribution in [0.15, 0.2) is 60.7 Å². The highest BCUT2D eigenvalue weighted by atomic mass is 16.3. The lowest BCUT2D eigenvalue weighted by atomic mass is 9.81. The second-order valence-corrected chi connectivity index (χ2v) is 6.14. The number of hydrogen-bond donors (Lipinski definition) is 2. The zero-order chi connectivity index (χ0) is 17.6. The number of carbonyl (C=O) groups is 2. The molecule has 0 saturated heterocycles. The van der Waals surface area contributed by atoms with Crippen molar-refractivity contribution in [2.24, 2.45) is 0 Å². The van der Waals surface area contributed by atoms with Crippen molar-refractivity contribution in [1.29, 1.82) is 0 Å². The number of benzene rings is 3. The van der Waals surface area contributed by atoms with E-state index >= 15 is 0 Å². The summed E-state index contributed by atoms with van der Waals surface area (Å²) in [7, 11) is 0. The molecule has 4 nitrogen and oxygen atoms in total. The van der Waals surface area contributed by atoms with E-state index in [1.54, 1.807) is 37.3 Å². The number of hydrogen-bond acceptors (Lipinski definition) is 3. The SMILES string of the molecule is Cc1cc([NH2+]c2ccccc2)c2c(c1O)C(=O)c1ccccc1C2=O. The molecule has 3 N–H and O–H groups in total. The number of ketones is 2. The summed E-state index contributed by atoms with van der Waals surface area (Å²) in [6.07, 6.45) is 0.